The van der Waals surface area contributed by atoms with Gasteiger partial charge in [0, 0.05) is 23.8 Å². The van der Waals surface area contributed by atoms with E-state index in [0.717, 1.165) is 23.3 Å². The van der Waals surface area contributed by atoms with E-state index in [1.54, 1.807) is 12.1 Å². The number of benzene rings is 2. The van der Waals surface area contributed by atoms with Gasteiger partial charge in [-0.2, -0.15) is 5.10 Å². The minimum Gasteiger partial charge on any atom is -0.272 e. The Hall–Kier alpha value is -2.67. The molecule has 0 aliphatic carbocycles. The molecule has 1 heterocycles. The monoisotopic (exact) mass is 369 g/mol. The lowest BCUT2D eigenvalue weighted by molar-refractivity contribution is -0.384. The fraction of sp³-hybridized carbons (Fsp3) is 0.263. The number of carbonyl (C=O) groups excluding carboxylic acids is 1. The Balaban J connectivity index is 1.58. The topological polar surface area (TPSA) is 75.8 Å². The largest absolute Gasteiger partial charge is 0.272 e. The Morgan fingerprint density at radius 3 is 2.77 bits per heavy atom. The van der Waals surface area contributed by atoms with Crippen molar-refractivity contribution in [2.75, 3.05) is 12.3 Å². The Morgan fingerprint density at radius 1 is 1.27 bits per heavy atom. The standard InChI is InChI=1S/C19H19N3O3S/c1-14(16-8-5-9-17(12-16)22(24)25)26-13-19(23)21-11-10-18(20-21)15-6-3-2-4-7-15/h2-9,12,14H,10-11,13H2,1H3/t14-/m1/s1. The lowest BCUT2D eigenvalue weighted by Gasteiger charge is -2.14. The molecule has 134 valence electrons. The van der Waals surface area contributed by atoms with Gasteiger partial charge in [-0.1, -0.05) is 42.5 Å². The zero-order valence-corrected chi connectivity index (χ0v) is 15.2. The highest BCUT2D eigenvalue weighted by atomic mass is 32.2. The lowest BCUT2D eigenvalue weighted by atomic mass is 10.1. The van der Waals surface area contributed by atoms with Crippen molar-refractivity contribution in [3.63, 3.8) is 0 Å². The number of nitrogens with zero attached hydrogens (tertiary/aromatic N) is 3. The normalized spacial score (nSPS) is 14.8. The SMILES string of the molecule is C[C@@H](SCC(=O)N1CCC(c2ccccc2)=N1)c1cccc([N+](=O)[O-])c1. The zero-order chi connectivity index (χ0) is 18.5. The van der Waals surface area contributed by atoms with Gasteiger partial charge < -0.3 is 0 Å². The molecule has 3 rings (SSSR count). The highest BCUT2D eigenvalue weighted by molar-refractivity contribution is 8.00. The second-order valence-corrected chi connectivity index (χ2v) is 7.31. The fourth-order valence-electron chi connectivity index (χ4n) is 2.73. The molecule has 2 aromatic rings. The minimum atomic E-state index is -0.407. The van der Waals surface area contributed by atoms with E-state index in [4.69, 9.17) is 0 Å². The molecule has 7 heteroatoms. The van der Waals surface area contributed by atoms with Gasteiger partial charge in [0.05, 0.1) is 22.9 Å². The summed E-state index contributed by atoms with van der Waals surface area (Å²) in [6.45, 7) is 2.54. The van der Waals surface area contributed by atoms with E-state index in [-0.39, 0.29) is 22.6 Å². The van der Waals surface area contributed by atoms with Crippen LogP contribution in [0.4, 0.5) is 5.69 Å². The minimum absolute atomic E-state index is 0.0148. The van der Waals surface area contributed by atoms with Gasteiger partial charge in [-0.05, 0) is 18.1 Å². The molecule has 1 aliphatic heterocycles. The summed E-state index contributed by atoms with van der Waals surface area (Å²) in [6.07, 6.45) is 0.751. The van der Waals surface area contributed by atoms with Crippen molar-refractivity contribution >= 4 is 29.1 Å². The second kappa shape index (κ2) is 8.14. The molecule has 6 nitrogen and oxygen atoms in total. The molecule has 0 bridgehead atoms. The third-order valence-corrected chi connectivity index (χ3v) is 5.39. The third kappa shape index (κ3) is 4.29. The maximum atomic E-state index is 12.4. The van der Waals surface area contributed by atoms with Gasteiger partial charge in [0.1, 0.15) is 0 Å². The first-order valence-electron chi connectivity index (χ1n) is 8.34. The predicted octanol–water partition coefficient (Wildman–Crippen LogP) is 4.03. The molecule has 0 saturated carbocycles. The summed E-state index contributed by atoms with van der Waals surface area (Å²) in [5.41, 5.74) is 2.88. The number of amides is 1. The van der Waals surface area contributed by atoms with Crippen LogP contribution < -0.4 is 0 Å². The van der Waals surface area contributed by atoms with E-state index in [9.17, 15) is 14.9 Å². The van der Waals surface area contributed by atoms with Crippen molar-refractivity contribution < 1.29 is 9.72 Å². The van der Waals surface area contributed by atoms with Gasteiger partial charge in [0.2, 0.25) is 0 Å². The van der Waals surface area contributed by atoms with Crippen molar-refractivity contribution in [2.45, 2.75) is 18.6 Å². The Kier molecular flexibility index (Phi) is 5.68. The number of non-ortho nitro benzene ring substituents is 1. The summed E-state index contributed by atoms with van der Waals surface area (Å²) in [4.78, 5) is 22.9. The average molecular weight is 369 g/mol. The molecule has 2 aromatic carbocycles. The average Bonchev–Trinajstić information content (AvgIpc) is 3.17. The Morgan fingerprint density at radius 2 is 2.04 bits per heavy atom. The van der Waals surface area contributed by atoms with E-state index < -0.39 is 4.92 Å². The fourth-order valence-corrected chi connectivity index (χ4v) is 3.61. The predicted molar refractivity (Wildman–Crippen MR) is 103 cm³/mol. The van der Waals surface area contributed by atoms with Crippen LogP contribution in [0.25, 0.3) is 0 Å². The number of nitro groups is 1. The summed E-state index contributed by atoms with van der Waals surface area (Å²) in [5, 5.41) is 16.8. The molecule has 0 spiro atoms. The van der Waals surface area contributed by atoms with Crippen LogP contribution in [0.2, 0.25) is 0 Å². The quantitative estimate of drug-likeness (QED) is 0.569. The molecule has 1 aliphatic rings. The zero-order valence-electron chi connectivity index (χ0n) is 14.4. The maximum absolute atomic E-state index is 12.4. The van der Waals surface area contributed by atoms with Crippen molar-refractivity contribution in [3.05, 3.63) is 75.8 Å². The number of hydrogen-bond donors (Lipinski definition) is 0. The molecule has 1 atom stereocenters. The van der Waals surface area contributed by atoms with Crippen LogP contribution in [0.5, 0.6) is 0 Å². The van der Waals surface area contributed by atoms with Crippen molar-refractivity contribution in [3.8, 4) is 0 Å². The van der Waals surface area contributed by atoms with E-state index in [0.29, 0.717) is 6.54 Å². The number of carbonyl (C=O) groups is 1. The third-order valence-electron chi connectivity index (χ3n) is 4.20. The number of hydrogen-bond acceptors (Lipinski definition) is 5. The smallest absolute Gasteiger partial charge is 0.269 e. The van der Waals surface area contributed by atoms with Crippen LogP contribution in [-0.2, 0) is 4.79 Å². The summed E-state index contributed by atoms with van der Waals surface area (Å²) in [7, 11) is 0. The Bertz CT molecular complexity index is 839. The first kappa shape index (κ1) is 18.1. The van der Waals surface area contributed by atoms with E-state index in [2.05, 4.69) is 5.10 Å². The number of thioether (sulfide) groups is 1. The van der Waals surface area contributed by atoms with Gasteiger partial charge in [-0.3, -0.25) is 14.9 Å². The second-order valence-electron chi connectivity index (χ2n) is 5.98. The molecule has 26 heavy (non-hydrogen) atoms. The van der Waals surface area contributed by atoms with Crippen LogP contribution in [0.3, 0.4) is 0 Å². The molecule has 1 amide bonds. The highest BCUT2D eigenvalue weighted by Gasteiger charge is 2.22. The molecule has 0 fully saturated rings. The van der Waals surface area contributed by atoms with Crippen LogP contribution in [-0.4, -0.2) is 33.8 Å². The van der Waals surface area contributed by atoms with Crippen molar-refractivity contribution in [2.24, 2.45) is 5.10 Å². The van der Waals surface area contributed by atoms with Crippen molar-refractivity contribution in [1.82, 2.24) is 5.01 Å². The first-order chi connectivity index (χ1) is 12.5. The van der Waals surface area contributed by atoms with E-state index >= 15 is 0 Å². The molecule has 0 saturated heterocycles. The number of nitro benzene ring substituents is 1. The van der Waals surface area contributed by atoms with Crippen LogP contribution >= 0.6 is 11.8 Å². The van der Waals surface area contributed by atoms with E-state index in [1.807, 2.05) is 43.3 Å². The van der Waals surface area contributed by atoms with Crippen LogP contribution in [0, 0.1) is 10.1 Å². The van der Waals surface area contributed by atoms with Gasteiger partial charge in [0.15, 0.2) is 0 Å². The summed E-state index contributed by atoms with van der Waals surface area (Å²) in [5.74, 6) is 0.244. The van der Waals surface area contributed by atoms with Crippen molar-refractivity contribution in [1.29, 1.82) is 0 Å². The Labute approximate surface area is 156 Å². The van der Waals surface area contributed by atoms with Gasteiger partial charge in [-0.25, -0.2) is 5.01 Å². The molecular weight excluding hydrogens is 350 g/mol. The molecule has 0 N–H and O–H groups in total. The summed E-state index contributed by atoms with van der Waals surface area (Å²) in [6, 6.07) is 16.4. The van der Waals surface area contributed by atoms with Crippen LogP contribution in [0.1, 0.15) is 29.7 Å². The number of hydrazone groups is 1. The lowest BCUT2D eigenvalue weighted by Crippen LogP contribution is -2.25. The summed E-state index contributed by atoms with van der Waals surface area (Å²) < 4.78 is 0. The van der Waals surface area contributed by atoms with Gasteiger partial charge in [-0.15, -0.1) is 11.8 Å². The van der Waals surface area contributed by atoms with Gasteiger partial charge >= 0.3 is 0 Å². The highest BCUT2D eigenvalue weighted by Crippen LogP contribution is 2.30. The molecule has 0 unspecified atom stereocenters. The van der Waals surface area contributed by atoms with Gasteiger partial charge in [0.25, 0.3) is 11.6 Å². The molecule has 0 aromatic heterocycles. The number of rotatable bonds is 6. The van der Waals surface area contributed by atoms with Crippen LogP contribution in [0.15, 0.2) is 59.7 Å². The summed E-state index contributed by atoms with van der Waals surface area (Å²) >= 11 is 1.46. The van der Waals surface area contributed by atoms with E-state index in [1.165, 1.54) is 22.8 Å². The maximum Gasteiger partial charge on any atom is 0.269 e. The first-order valence-corrected chi connectivity index (χ1v) is 9.38. The molecule has 0 radical (unpaired) electrons. The molecular formula is C19H19N3O3S.